The van der Waals surface area contributed by atoms with Crippen molar-refractivity contribution in [2.24, 2.45) is 0 Å². The Balaban J connectivity index is 1.96. The first-order valence-electron chi connectivity index (χ1n) is 5.92. The van der Waals surface area contributed by atoms with E-state index in [-0.39, 0.29) is 0 Å². The van der Waals surface area contributed by atoms with Crippen LogP contribution in [0.25, 0.3) is 0 Å². The highest BCUT2D eigenvalue weighted by atomic mass is 16.5. The van der Waals surface area contributed by atoms with Gasteiger partial charge in [-0.15, -0.1) is 0 Å². The van der Waals surface area contributed by atoms with Gasteiger partial charge in [0.05, 0.1) is 17.5 Å². The summed E-state index contributed by atoms with van der Waals surface area (Å²) >= 11 is 0. The number of hydrogen-bond donors (Lipinski definition) is 1. The Bertz CT molecular complexity index is 405. The molecule has 1 fully saturated rings. The van der Waals surface area contributed by atoms with Crippen molar-refractivity contribution < 1.29 is 4.74 Å². The topological polar surface area (TPSA) is 24.5 Å². The molecule has 2 unspecified atom stereocenters. The lowest BCUT2D eigenvalue weighted by Crippen LogP contribution is -2.39. The number of benzene rings is 1. The van der Waals surface area contributed by atoms with Gasteiger partial charge in [0.25, 0.3) is 0 Å². The summed E-state index contributed by atoms with van der Waals surface area (Å²) in [5.41, 5.74) is 3.93. The van der Waals surface area contributed by atoms with Gasteiger partial charge in [0, 0.05) is 26.2 Å². The third kappa shape index (κ3) is 1.47. The Morgan fingerprint density at radius 3 is 3.12 bits per heavy atom. The smallest absolute Gasteiger partial charge is 0.0766 e. The third-order valence-electron chi connectivity index (χ3n) is 3.70. The molecule has 2 atom stereocenters. The molecule has 0 aromatic heterocycles. The standard InChI is InChI=1S/C13H18N2O/c1-9-3-4-12-13(5-9)15-8-11(16-2)6-10(15)7-14-12/h3-5,10-11,14H,6-8H2,1-2H3. The summed E-state index contributed by atoms with van der Waals surface area (Å²) in [5, 5.41) is 3.51. The van der Waals surface area contributed by atoms with Crippen LogP contribution in [-0.2, 0) is 4.74 Å². The van der Waals surface area contributed by atoms with Crippen molar-refractivity contribution >= 4 is 11.4 Å². The highest BCUT2D eigenvalue weighted by molar-refractivity contribution is 5.74. The molecule has 3 heteroatoms. The highest BCUT2D eigenvalue weighted by Crippen LogP contribution is 2.37. The van der Waals surface area contributed by atoms with Gasteiger partial charge < -0.3 is 15.0 Å². The highest BCUT2D eigenvalue weighted by Gasteiger charge is 2.35. The number of nitrogens with one attached hydrogen (secondary N) is 1. The number of fused-ring (bicyclic) bond motifs is 3. The number of aryl methyl sites for hydroxylation is 1. The van der Waals surface area contributed by atoms with E-state index in [1.54, 1.807) is 0 Å². The number of nitrogens with zero attached hydrogens (tertiary/aromatic N) is 1. The van der Waals surface area contributed by atoms with Gasteiger partial charge in [0.1, 0.15) is 0 Å². The molecule has 1 saturated heterocycles. The zero-order valence-corrected chi connectivity index (χ0v) is 9.86. The molecule has 86 valence electrons. The zero-order chi connectivity index (χ0) is 11.1. The summed E-state index contributed by atoms with van der Waals surface area (Å²) < 4.78 is 5.48. The number of hydrogen-bond acceptors (Lipinski definition) is 3. The van der Waals surface area contributed by atoms with E-state index in [0.29, 0.717) is 12.1 Å². The summed E-state index contributed by atoms with van der Waals surface area (Å²) in [6.45, 7) is 4.21. The summed E-state index contributed by atoms with van der Waals surface area (Å²) in [6.07, 6.45) is 1.52. The molecule has 1 aromatic carbocycles. The minimum absolute atomic E-state index is 0.387. The molecule has 0 aliphatic carbocycles. The molecule has 2 heterocycles. The molecule has 0 radical (unpaired) electrons. The number of ether oxygens (including phenoxy) is 1. The van der Waals surface area contributed by atoms with Crippen LogP contribution >= 0.6 is 0 Å². The molecular weight excluding hydrogens is 200 g/mol. The molecule has 16 heavy (non-hydrogen) atoms. The van der Waals surface area contributed by atoms with Crippen molar-refractivity contribution in [1.82, 2.24) is 0 Å². The van der Waals surface area contributed by atoms with Gasteiger partial charge in [-0.05, 0) is 31.0 Å². The quantitative estimate of drug-likeness (QED) is 0.780. The lowest BCUT2D eigenvalue weighted by atomic mass is 10.1. The van der Waals surface area contributed by atoms with E-state index in [0.717, 1.165) is 19.5 Å². The fraction of sp³-hybridized carbons (Fsp3) is 0.538. The van der Waals surface area contributed by atoms with Crippen LogP contribution in [-0.4, -0.2) is 32.3 Å². The lowest BCUT2D eigenvalue weighted by Gasteiger charge is -2.34. The summed E-state index contributed by atoms with van der Waals surface area (Å²) in [5.74, 6) is 0. The van der Waals surface area contributed by atoms with Crippen molar-refractivity contribution in [2.75, 3.05) is 30.4 Å². The number of methoxy groups -OCH3 is 1. The molecule has 3 nitrogen and oxygen atoms in total. The maximum atomic E-state index is 5.48. The Hall–Kier alpha value is -1.22. The van der Waals surface area contributed by atoms with Crippen molar-refractivity contribution in [3.8, 4) is 0 Å². The SMILES string of the molecule is COC1CC2CNc3ccc(C)cc3N2C1. The van der Waals surface area contributed by atoms with E-state index < -0.39 is 0 Å². The first kappa shape index (κ1) is 9.97. The fourth-order valence-electron chi connectivity index (χ4n) is 2.79. The molecule has 1 aromatic rings. The summed E-state index contributed by atoms with van der Waals surface area (Å²) in [6, 6.07) is 7.21. The average molecular weight is 218 g/mol. The van der Waals surface area contributed by atoms with E-state index in [2.05, 4.69) is 35.3 Å². The normalized spacial score (nSPS) is 27.2. The largest absolute Gasteiger partial charge is 0.381 e. The van der Waals surface area contributed by atoms with Gasteiger partial charge in [-0.2, -0.15) is 0 Å². The van der Waals surface area contributed by atoms with Crippen molar-refractivity contribution in [3.05, 3.63) is 23.8 Å². The van der Waals surface area contributed by atoms with E-state index in [9.17, 15) is 0 Å². The van der Waals surface area contributed by atoms with Crippen LogP contribution in [0.1, 0.15) is 12.0 Å². The predicted molar refractivity (Wildman–Crippen MR) is 66.2 cm³/mol. The molecule has 1 N–H and O–H groups in total. The van der Waals surface area contributed by atoms with Crippen molar-refractivity contribution in [3.63, 3.8) is 0 Å². The molecule has 0 spiro atoms. The first-order chi connectivity index (χ1) is 7.78. The van der Waals surface area contributed by atoms with Crippen LogP contribution in [0.4, 0.5) is 11.4 Å². The van der Waals surface area contributed by atoms with Crippen LogP contribution in [0.15, 0.2) is 18.2 Å². The molecular formula is C13H18N2O. The Labute approximate surface area is 96.4 Å². The summed E-state index contributed by atoms with van der Waals surface area (Å²) in [4.78, 5) is 2.49. The average Bonchev–Trinajstić information content (AvgIpc) is 2.72. The molecule has 2 aliphatic heterocycles. The maximum absolute atomic E-state index is 5.48. The lowest BCUT2D eigenvalue weighted by molar-refractivity contribution is 0.118. The Morgan fingerprint density at radius 1 is 1.44 bits per heavy atom. The second-order valence-electron chi connectivity index (χ2n) is 4.80. The molecule has 2 aliphatic rings. The van der Waals surface area contributed by atoms with Gasteiger partial charge in [-0.1, -0.05) is 6.07 Å². The van der Waals surface area contributed by atoms with Gasteiger partial charge in [0.15, 0.2) is 0 Å². The Morgan fingerprint density at radius 2 is 2.31 bits per heavy atom. The summed E-state index contributed by atoms with van der Waals surface area (Å²) in [7, 11) is 1.81. The maximum Gasteiger partial charge on any atom is 0.0766 e. The second-order valence-corrected chi connectivity index (χ2v) is 4.80. The van der Waals surface area contributed by atoms with Gasteiger partial charge in [-0.3, -0.25) is 0 Å². The fourth-order valence-corrected chi connectivity index (χ4v) is 2.79. The second kappa shape index (κ2) is 3.67. The van der Waals surface area contributed by atoms with Gasteiger partial charge in [0.2, 0.25) is 0 Å². The van der Waals surface area contributed by atoms with Crippen LogP contribution < -0.4 is 10.2 Å². The van der Waals surface area contributed by atoms with Crippen LogP contribution in [0.5, 0.6) is 0 Å². The molecule has 0 bridgehead atoms. The molecule has 0 saturated carbocycles. The zero-order valence-electron chi connectivity index (χ0n) is 9.86. The number of anilines is 2. The van der Waals surface area contributed by atoms with Crippen molar-refractivity contribution in [1.29, 1.82) is 0 Å². The van der Waals surface area contributed by atoms with Gasteiger partial charge >= 0.3 is 0 Å². The molecule has 3 rings (SSSR count). The Kier molecular flexibility index (Phi) is 2.28. The van der Waals surface area contributed by atoms with Crippen LogP contribution in [0, 0.1) is 6.92 Å². The van der Waals surface area contributed by atoms with Gasteiger partial charge in [-0.25, -0.2) is 0 Å². The minimum atomic E-state index is 0.387. The minimum Gasteiger partial charge on any atom is -0.381 e. The van der Waals surface area contributed by atoms with Crippen LogP contribution in [0.2, 0.25) is 0 Å². The third-order valence-corrected chi connectivity index (χ3v) is 3.70. The van der Waals surface area contributed by atoms with Crippen LogP contribution in [0.3, 0.4) is 0 Å². The van der Waals surface area contributed by atoms with E-state index in [1.807, 2.05) is 7.11 Å². The van der Waals surface area contributed by atoms with E-state index >= 15 is 0 Å². The number of rotatable bonds is 1. The predicted octanol–water partition coefficient (Wildman–Crippen LogP) is 2.01. The monoisotopic (exact) mass is 218 g/mol. The van der Waals surface area contributed by atoms with E-state index in [4.69, 9.17) is 4.74 Å². The van der Waals surface area contributed by atoms with E-state index in [1.165, 1.54) is 16.9 Å². The first-order valence-corrected chi connectivity index (χ1v) is 5.92. The van der Waals surface area contributed by atoms with Crippen molar-refractivity contribution in [2.45, 2.75) is 25.5 Å². The molecule has 0 amide bonds.